The van der Waals surface area contributed by atoms with Crippen LogP contribution in [0.3, 0.4) is 0 Å². The molecule has 0 radical (unpaired) electrons. The van der Waals surface area contributed by atoms with Gasteiger partial charge in [0.25, 0.3) is 5.91 Å². The lowest BCUT2D eigenvalue weighted by molar-refractivity contribution is -0.140. The Morgan fingerprint density at radius 2 is 1.73 bits per heavy atom. The smallest absolute Gasteiger partial charge is 0.254 e. The number of carbonyl (C=O) groups is 4. The Bertz CT molecular complexity index is 1930. The SMILES string of the molecule is COc1cc(C(=O)N2CC3CN(C(=O)Cc4c[nH]c5cc(Cl)ccc45)CC(C(=O)N[C@@H](CCCc4ccccc4)C(N)=O)C3C2)ccc1OC(C)C. The van der Waals surface area contributed by atoms with Crippen molar-refractivity contribution in [1.29, 1.82) is 0 Å². The molecule has 52 heavy (non-hydrogen) atoms. The zero-order valence-corrected chi connectivity index (χ0v) is 30.5. The number of carbonyl (C=O) groups excluding carboxylic acids is 4. The van der Waals surface area contributed by atoms with E-state index in [9.17, 15) is 19.2 Å². The van der Waals surface area contributed by atoms with Gasteiger partial charge in [-0.05, 0) is 86.4 Å². The molecular weight excluding hydrogens is 682 g/mol. The number of H-pyrrole nitrogens is 1. The standard InChI is InChI=1S/C40H46ClN5O6/c1-24(2)52-35-15-12-26(16-36(35)51-3)40(50)46-21-28-20-45(37(47)17-27-19-43-34-18-29(41)13-14-30(27)34)23-32(31(28)22-46)39(49)44-33(38(42)48)11-7-10-25-8-5-4-6-9-25/h4-6,8-9,12-16,18-19,24,28,31-33,43H,7,10-11,17,20-23H2,1-3H3,(H2,42,48)(H,44,49)/t28?,31?,32?,33-/m0/s1. The highest BCUT2D eigenvalue weighted by molar-refractivity contribution is 6.31. The van der Waals surface area contributed by atoms with E-state index in [0.29, 0.717) is 54.6 Å². The molecule has 4 amide bonds. The molecule has 0 spiro atoms. The van der Waals surface area contributed by atoms with Crippen molar-refractivity contribution in [3.8, 4) is 11.5 Å². The second-order valence-corrected chi connectivity index (χ2v) is 14.5. The molecular formula is C40H46ClN5O6. The Labute approximate surface area is 308 Å². The van der Waals surface area contributed by atoms with Crippen LogP contribution in [0, 0.1) is 17.8 Å². The summed E-state index contributed by atoms with van der Waals surface area (Å²) in [6.07, 6.45) is 3.64. The lowest BCUT2D eigenvalue weighted by Crippen LogP contribution is -2.56. The summed E-state index contributed by atoms with van der Waals surface area (Å²) in [7, 11) is 1.53. The second kappa shape index (κ2) is 16.1. The molecule has 4 aromatic rings. The number of aromatic amines is 1. The summed E-state index contributed by atoms with van der Waals surface area (Å²) in [5.74, 6) is -1.33. The molecule has 3 unspecified atom stereocenters. The van der Waals surface area contributed by atoms with E-state index in [1.165, 1.54) is 7.11 Å². The van der Waals surface area contributed by atoms with Gasteiger partial charge in [0.2, 0.25) is 17.7 Å². The van der Waals surface area contributed by atoms with Crippen LogP contribution in [0.2, 0.25) is 5.02 Å². The van der Waals surface area contributed by atoms with Crippen LogP contribution in [-0.4, -0.2) is 83.8 Å². The van der Waals surface area contributed by atoms with Gasteiger partial charge in [-0.25, -0.2) is 0 Å². The minimum Gasteiger partial charge on any atom is -0.493 e. The van der Waals surface area contributed by atoms with Gasteiger partial charge in [0.1, 0.15) is 6.04 Å². The fourth-order valence-electron chi connectivity index (χ4n) is 7.56. The van der Waals surface area contributed by atoms with Crippen molar-refractivity contribution in [2.75, 3.05) is 33.3 Å². The number of amides is 4. The molecule has 2 aliphatic rings. The Hall–Kier alpha value is -5.03. The summed E-state index contributed by atoms with van der Waals surface area (Å²) in [5.41, 5.74) is 9.03. The lowest BCUT2D eigenvalue weighted by Gasteiger charge is -2.40. The topological polar surface area (TPSA) is 147 Å². The van der Waals surface area contributed by atoms with Crippen molar-refractivity contribution in [1.82, 2.24) is 20.1 Å². The number of methoxy groups -OCH3 is 1. The molecule has 6 rings (SSSR count). The predicted molar refractivity (Wildman–Crippen MR) is 199 cm³/mol. The van der Waals surface area contributed by atoms with E-state index in [0.717, 1.165) is 28.5 Å². The third-order valence-electron chi connectivity index (χ3n) is 10.2. The van der Waals surface area contributed by atoms with Gasteiger partial charge in [-0.3, -0.25) is 19.2 Å². The van der Waals surface area contributed by atoms with E-state index in [1.54, 1.807) is 34.1 Å². The summed E-state index contributed by atoms with van der Waals surface area (Å²) in [6, 6.07) is 19.7. The van der Waals surface area contributed by atoms with E-state index < -0.39 is 17.9 Å². The zero-order chi connectivity index (χ0) is 36.9. The Morgan fingerprint density at radius 3 is 2.46 bits per heavy atom. The Kier molecular flexibility index (Phi) is 11.4. The van der Waals surface area contributed by atoms with Crippen LogP contribution in [0.25, 0.3) is 10.9 Å². The molecule has 0 aliphatic carbocycles. The first-order valence-electron chi connectivity index (χ1n) is 17.8. The first-order chi connectivity index (χ1) is 25.0. The molecule has 2 fully saturated rings. The number of hydrogen-bond acceptors (Lipinski definition) is 6. The van der Waals surface area contributed by atoms with Crippen LogP contribution in [0.4, 0.5) is 0 Å². The van der Waals surface area contributed by atoms with E-state index in [-0.39, 0.29) is 48.6 Å². The molecule has 0 bridgehead atoms. The number of benzene rings is 3. The van der Waals surface area contributed by atoms with Crippen molar-refractivity contribution in [3.05, 3.63) is 94.6 Å². The summed E-state index contributed by atoms with van der Waals surface area (Å²) in [5, 5.41) is 4.43. The number of nitrogens with one attached hydrogen (secondary N) is 2. The number of primary amides is 1. The minimum atomic E-state index is -0.864. The van der Waals surface area contributed by atoms with Crippen LogP contribution < -0.4 is 20.5 Å². The number of aryl methyl sites for hydroxylation is 1. The molecule has 2 aliphatic heterocycles. The zero-order valence-electron chi connectivity index (χ0n) is 29.8. The molecule has 4 atom stereocenters. The summed E-state index contributed by atoms with van der Waals surface area (Å²) >= 11 is 6.18. The number of rotatable bonds is 13. The van der Waals surface area contributed by atoms with Crippen molar-refractivity contribution in [3.63, 3.8) is 0 Å². The number of aromatic nitrogens is 1. The minimum absolute atomic E-state index is 0.0709. The number of ether oxygens (including phenoxy) is 2. The highest BCUT2D eigenvalue weighted by atomic mass is 35.5. The van der Waals surface area contributed by atoms with Crippen molar-refractivity contribution < 1.29 is 28.7 Å². The average molecular weight is 728 g/mol. The van der Waals surface area contributed by atoms with Crippen LogP contribution in [-0.2, 0) is 27.2 Å². The molecule has 1 aromatic heterocycles. The second-order valence-electron chi connectivity index (χ2n) is 14.1. The summed E-state index contributed by atoms with van der Waals surface area (Å²) in [6.45, 7) is 5.08. The molecule has 3 heterocycles. The lowest BCUT2D eigenvalue weighted by atomic mass is 9.79. The quantitative estimate of drug-likeness (QED) is 0.177. The van der Waals surface area contributed by atoms with Crippen molar-refractivity contribution in [2.45, 2.75) is 51.7 Å². The monoisotopic (exact) mass is 727 g/mol. The number of halogens is 1. The Balaban J connectivity index is 1.21. The van der Waals surface area contributed by atoms with Crippen LogP contribution in [0.1, 0.15) is 48.2 Å². The van der Waals surface area contributed by atoms with E-state index in [1.807, 2.05) is 62.5 Å². The van der Waals surface area contributed by atoms with Crippen LogP contribution in [0.15, 0.2) is 72.9 Å². The number of nitrogens with zero attached hydrogens (tertiary/aromatic N) is 2. The van der Waals surface area contributed by atoms with E-state index in [4.69, 9.17) is 26.8 Å². The first-order valence-corrected chi connectivity index (χ1v) is 18.2. The predicted octanol–water partition coefficient (Wildman–Crippen LogP) is 5.00. The van der Waals surface area contributed by atoms with Gasteiger partial charge in [0.15, 0.2) is 11.5 Å². The fraction of sp³-hybridized carbons (Fsp3) is 0.400. The van der Waals surface area contributed by atoms with Gasteiger partial charge >= 0.3 is 0 Å². The number of fused-ring (bicyclic) bond motifs is 2. The molecule has 2 saturated heterocycles. The molecule has 12 heteroatoms. The third-order valence-corrected chi connectivity index (χ3v) is 10.4. The molecule has 274 valence electrons. The molecule has 4 N–H and O–H groups in total. The highest BCUT2D eigenvalue weighted by Gasteiger charge is 2.48. The van der Waals surface area contributed by atoms with E-state index in [2.05, 4.69) is 10.3 Å². The van der Waals surface area contributed by atoms with Crippen molar-refractivity contribution >= 4 is 46.1 Å². The maximum Gasteiger partial charge on any atom is 0.254 e. The summed E-state index contributed by atoms with van der Waals surface area (Å²) < 4.78 is 11.4. The normalized spacial score (nSPS) is 19.0. The van der Waals surface area contributed by atoms with Gasteiger partial charge in [-0.1, -0.05) is 48.0 Å². The van der Waals surface area contributed by atoms with Gasteiger partial charge in [-0.2, -0.15) is 0 Å². The fourth-order valence-corrected chi connectivity index (χ4v) is 7.73. The maximum absolute atomic E-state index is 14.1. The molecule has 11 nitrogen and oxygen atoms in total. The number of piperidine rings is 1. The average Bonchev–Trinajstić information content (AvgIpc) is 3.74. The highest BCUT2D eigenvalue weighted by Crippen LogP contribution is 2.38. The molecule has 3 aromatic carbocycles. The van der Waals surface area contributed by atoms with Gasteiger partial charge in [-0.15, -0.1) is 0 Å². The maximum atomic E-state index is 14.1. The summed E-state index contributed by atoms with van der Waals surface area (Å²) in [4.78, 5) is 61.2. The van der Waals surface area contributed by atoms with Crippen molar-refractivity contribution in [2.24, 2.45) is 23.5 Å². The van der Waals surface area contributed by atoms with E-state index >= 15 is 0 Å². The van der Waals surface area contributed by atoms with Crippen LogP contribution >= 0.6 is 11.6 Å². The Morgan fingerprint density at radius 1 is 0.962 bits per heavy atom. The largest absolute Gasteiger partial charge is 0.493 e. The number of likely N-dealkylation sites (tertiary alicyclic amines) is 2. The van der Waals surface area contributed by atoms with Gasteiger partial charge in [0, 0.05) is 53.9 Å². The van der Waals surface area contributed by atoms with Gasteiger partial charge in [0.05, 0.1) is 25.6 Å². The third kappa shape index (κ3) is 8.36. The first kappa shape index (κ1) is 36.8. The van der Waals surface area contributed by atoms with Gasteiger partial charge < -0.3 is 35.3 Å². The number of nitrogens with two attached hydrogens (primary N) is 1. The molecule has 0 saturated carbocycles. The number of hydrogen-bond donors (Lipinski definition) is 3. The van der Waals surface area contributed by atoms with Crippen LogP contribution in [0.5, 0.6) is 11.5 Å².